The lowest BCUT2D eigenvalue weighted by atomic mass is 9.82. The first kappa shape index (κ1) is 17.8. The zero-order valence-electron chi connectivity index (χ0n) is 13.9. The van der Waals surface area contributed by atoms with Gasteiger partial charge in [-0.2, -0.15) is 5.01 Å². The van der Waals surface area contributed by atoms with Gasteiger partial charge in [0, 0.05) is 0 Å². The average Bonchev–Trinajstić information content (AvgIpc) is 2.84. The first-order chi connectivity index (χ1) is 12.4. The van der Waals surface area contributed by atoms with E-state index in [0.717, 1.165) is 25.3 Å². The first-order valence-corrected chi connectivity index (χ1v) is 8.30. The number of urea groups is 1. The molecule has 3 rings (SSSR count). The lowest BCUT2D eigenvalue weighted by Gasteiger charge is -2.30. The number of benzene rings is 1. The van der Waals surface area contributed by atoms with E-state index < -0.39 is 41.8 Å². The number of hydrogen-bond acceptors (Lipinski definition) is 5. The van der Waals surface area contributed by atoms with Crippen molar-refractivity contribution < 1.29 is 28.3 Å². The van der Waals surface area contributed by atoms with Gasteiger partial charge in [-0.25, -0.2) is 14.0 Å². The maximum atomic E-state index is 13.1. The number of hydrazine groups is 1. The highest BCUT2D eigenvalue weighted by Gasteiger charge is 2.52. The number of imide groups is 1. The molecule has 2 N–H and O–H groups in total. The zero-order chi connectivity index (χ0) is 18.7. The Bertz CT molecular complexity index is 761. The molecule has 1 spiro atoms. The molecule has 1 aromatic rings. The van der Waals surface area contributed by atoms with E-state index in [4.69, 9.17) is 4.74 Å². The summed E-state index contributed by atoms with van der Waals surface area (Å²) in [5.41, 5.74) is 1.14. The summed E-state index contributed by atoms with van der Waals surface area (Å²) >= 11 is 0. The van der Waals surface area contributed by atoms with Crippen molar-refractivity contribution in [2.45, 2.75) is 37.6 Å². The van der Waals surface area contributed by atoms with Crippen LogP contribution in [0.15, 0.2) is 24.3 Å². The SMILES string of the molecule is O=C(COC(=O)c1cccc(F)c1)NN1C(=O)NC2(CCCCC2)C1=O. The van der Waals surface area contributed by atoms with E-state index in [-0.39, 0.29) is 5.56 Å². The van der Waals surface area contributed by atoms with Crippen LogP contribution in [-0.4, -0.2) is 41.0 Å². The minimum absolute atomic E-state index is 0.0473. The molecular weight excluding hydrogens is 345 g/mol. The Morgan fingerprint density at radius 3 is 2.65 bits per heavy atom. The molecule has 1 aliphatic carbocycles. The monoisotopic (exact) mass is 363 g/mol. The topological polar surface area (TPSA) is 105 Å². The summed E-state index contributed by atoms with van der Waals surface area (Å²) < 4.78 is 17.9. The predicted octanol–water partition coefficient (Wildman–Crippen LogP) is 1.27. The minimum Gasteiger partial charge on any atom is -0.452 e. The smallest absolute Gasteiger partial charge is 0.344 e. The molecule has 0 aromatic heterocycles. The van der Waals surface area contributed by atoms with Crippen LogP contribution in [0.25, 0.3) is 0 Å². The van der Waals surface area contributed by atoms with Gasteiger partial charge in [0.1, 0.15) is 11.4 Å². The van der Waals surface area contributed by atoms with Crippen LogP contribution < -0.4 is 10.7 Å². The molecule has 1 saturated heterocycles. The highest BCUT2D eigenvalue weighted by molar-refractivity contribution is 6.08. The zero-order valence-corrected chi connectivity index (χ0v) is 13.9. The molecule has 1 aromatic carbocycles. The van der Waals surface area contributed by atoms with Crippen LogP contribution in [0.1, 0.15) is 42.5 Å². The van der Waals surface area contributed by atoms with Crippen molar-refractivity contribution in [1.29, 1.82) is 0 Å². The van der Waals surface area contributed by atoms with Gasteiger partial charge in [0.05, 0.1) is 5.56 Å². The lowest BCUT2D eigenvalue weighted by Crippen LogP contribution is -2.51. The van der Waals surface area contributed by atoms with Crippen molar-refractivity contribution in [3.05, 3.63) is 35.6 Å². The van der Waals surface area contributed by atoms with Crippen molar-refractivity contribution in [2.24, 2.45) is 0 Å². The van der Waals surface area contributed by atoms with Crippen LogP contribution in [-0.2, 0) is 14.3 Å². The van der Waals surface area contributed by atoms with Gasteiger partial charge in [0.15, 0.2) is 6.61 Å². The summed E-state index contributed by atoms with van der Waals surface area (Å²) in [7, 11) is 0. The number of carbonyl (C=O) groups excluding carboxylic acids is 4. The van der Waals surface area contributed by atoms with E-state index in [1.807, 2.05) is 0 Å². The van der Waals surface area contributed by atoms with Crippen molar-refractivity contribution in [1.82, 2.24) is 15.8 Å². The standard InChI is InChI=1S/C17H18FN3O5/c18-12-6-4-5-11(9-12)14(23)26-10-13(22)20-21-15(24)17(19-16(21)25)7-2-1-3-8-17/h4-6,9H,1-3,7-8,10H2,(H,19,25)(H,20,22). The number of esters is 1. The van der Waals surface area contributed by atoms with Gasteiger partial charge in [-0.15, -0.1) is 0 Å². The molecule has 0 unspecified atom stereocenters. The van der Waals surface area contributed by atoms with E-state index in [9.17, 15) is 23.6 Å². The minimum atomic E-state index is -0.957. The second kappa shape index (κ2) is 7.11. The van der Waals surface area contributed by atoms with Crippen molar-refractivity contribution in [3.8, 4) is 0 Å². The number of amides is 4. The lowest BCUT2D eigenvalue weighted by molar-refractivity contribution is -0.140. The molecule has 0 bridgehead atoms. The number of halogens is 1. The molecule has 2 fully saturated rings. The Morgan fingerprint density at radius 1 is 1.23 bits per heavy atom. The molecule has 138 valence electrons. The van der Waals surface area contributed by atoms with Crippen LogP contribution in [0.4, 0.5) is 9.18 Å². The number of ether oxygens (including phenoxy) is 1. The molecule has 9 heteroatoms. The quantitative estimate of drug-likeness (QED) is 0.619. The van der Waals surface area contributed by atoms with Crippen molar-refractivity contribution in [2.75, 3.05) is 6.61 Å². The van der Waals surface area contributed by atoms with Crippen LogP contribution in [0, 0.1) is 5.82 Å². The molecule has 8 nitrogen and oxygen atoms in total. The van der Waals surface area contributed by atoms with Gasteiger partial charge < -0.3 is 10.1 Å². The molecule has 0 atom stereocenters. The molecule has 1 heterocycles. The van der Waals surface area contributed by atoms with Crippen molar-refractivity contribution in [3.63, 3.8) is 0 Å². The van der Waals surface area contributed by atoms with Gasteiger partial charge in [0.25, 0.3) is 11.8 Å². The fourth-order valence-electron chi connectivity index (χ4n) is 3.20. The second-order valence-corrected chi connectivity index (χ2v) is 6.33. The third kappa shape index (κ3) is 3.51. The van der Waals surface area contributed by atoms with Gasteiger partial charge >= 0.3 is 12.0 Å². The predicted molar refractivity (Wildman–Crippen MR) is 86.0 cm³/mol. The Hall–Kier alpha value is -2.97. The molecular formula is C17H18FN3O5. The van der Waals surface area contributed by atoms with E-state index in [1.165, 1.54) is 18.2 Å². The van der Waals surface area contributed by atoms with Crippen LogP contribution in [0.5, 0.6) is 0 Å². The summed E-state index contributed by atoms with van der Waals surface area (Å²) in [6, 6.07) is 4.12. The molecule has 0 radical (unpaired) electrons. The number of rotatable bonds is 4. The molecule has 4 amide bonds. The maximum absolute atomic E-state index is 13.1. The third-order valence-electron chi connectivity index (χ3n) is 4.50. The average molecular weight is 363 g/mol. The molecule has 1 saturated carbocycles. The highest BCUT2D eigenvalue weighted by Crippen LogP contribution is 2.32. The Balaban J connectivity index is 1.55. The van der Waals surface area contributed by atoms with E-state index in [0.29, 0.717) is 17.9 Å². The van der Waals surface area contributed by atoms with Gasteiger partial charge in [0.2, 0.25) is 0 Å². The van der Waals surface area contributed by atoms with Gasteiger partial charge in [-0.1, -0.05) is 25.3 Å². The maximum Gasteiger partial charge on any atom is 0.344 e. The summed E-state index contributed by atoms with van der Waals surface area (Å²) in [6.07, 6.45) is 3.68. The normalized spacial score (nSPS) is 18.6. The van der Waals surface area contributed by atoms with E-state index >= 15 is 0 Å². The second-order valence-electron chi connectivity index (χ2n) is 6.33. The third-order valence-corrected chi connectivity index (χ3v) is 4.50. The summed E-state index contributed by atoms with van der Waals surface area (Å²) in [5, 5.41) is 3.27. The van der Waals surface area contributed by atoms with Gasteiger partial charge in [-0.05, 0) is 31.0 Å². The largest absolute Gasteiger partial charge is 0.452 e. The molecule has 1 aliphatic heterocycles. The number of carbonyl (C=O) groups is 4. The van der Waals surface area contributed by atoms with Crippen LogP contribution >= 0.6 is 0 Å². The summed E-state index contributed by atoms with van der Waals surface area (Å²) in [4.78, 5) is 48.2. The fraction of sp³-hybridized carbons (Fsp3) is 0.412. The van der Waals surface area contributed by atoms with Crippen LogP contribution in [0.3, 0.4) is 0 Å². The van der Waals surface area contributed by atoms with E-state index in [1.54, 1.807) is 0 Å². The molecule has 26 heavy (non-hydrogen) atoms. The first-order valence-electron chi connectivity index (χ1n) is 8.30. The van der Waals surface area contributed by atoms with E-state index in [2.05, 4.69) is 10.7 Å². The fourth-order valence-corrected chi connectivity index (χ4v) is 3.20. The van der Waals surface area contributed by atoms with Gasteiger partial charge in [-0.3, -0.25) is 15.0 Å². The summed E-state index contributed by atoms with van der Waals surface area (Å²) in [5.74, 6) is -2.85. The summed E-state index contributed by atoms with van der Waals surface area (Å²) in [6.45, 7) is -0.709. The Morgan fingerprint density at radius 2 is 1.96 bits per heavy atom. The number of nitrogens with one attached hydrogen (secondary N) is 2. The highest BCUT2D eigenvalue weighted by atomic mass is 19.1. The van der Waals surface area contributed by atoms with Crippen LogP contribution in [0.2, 0.25) is 0 Å². The Kier molecular flexibility index (Phi) is 4.88. The number of nitrogens with zero attached hydrogens (tertiary/aromatic N) is 1. The Labute approximate surface area is 148 Å². The van der Waals surface area contributed by atoms with Crippen molar-refractivity contribution >= 4 is 23.8 Å². The molecule has 2 aliphatic rings. The number of hydrogen-bond donors (Lipinski definition) is 2.